The maximum absolute atomic E-state index is 2.51. The fourth-order valence-corrected chi connectivity index (χ4v) is 16.9. The highest BCUT2D eigenvalue weighted by molar-refractivity contribution is 7.26. The van der Waals surface area contributed by atoms with Crippen LogP contribution in [0.3, 0.4) is 0 Å². The molecule has 0 N–H and O–H groups in total. The van der Waals surface area contributed by atoms with Gasteiger partial charge in [0.25, 0.3) is 0 Å². The first kappa shape index (κ1) is 50.1. The Balaban J connectivity index is 0.857. The van der Waals surface area contributed by atoms with Gasteiger partial charge in [-0.1, -0.05) is 194 Å². The molecule has 14 aromatic carbocycles. The molecule has 0 aliphatic carbocycles. The minimum Gasteiger partial charge on any atom is -0.309 e. The highest BCUT2D eigenvalue weighted by Gasteiger charge is 2.22. The molecule has 3 nitrogen and oxygen atoms in total. The summed E-state index contributed by atoms with van der Waals surface area (Å²) < 4.78 is 12.6. The molecule has 19 rings (SSSR count). The third-order valence-corrected chi connectivity index (χ3v) is 21.0. The van der Waals surface area contributed by atoms with E-state index in [1.165, 1.54) is 117 Å². The van der Waals surface area contributed by atoms with E-state index in [0.717, 1.165) is 61.5 Å². The van der Waals surface area contributed by atoms with Gasteiger partial charge in [0.05, 0.1) is 33.1 Å². The molecule has 414 valence electrons. The van der Waals surface area contributed by atoms with Crippen molar-refractivity contribution in [1.82, 2.24) is 13.7 Å². The predicted molar refractivity (Wildman–Crippen MR) is 382 cm³/mol. The summed E-state index contributed by atoms with van der Waals surface area (Å²) in [6.07, 6.45) is 0. The Morgan fingerprint density at radius 2 is 0.607 bits per heavy atom. The number of para-hydroxylation sites is 5. The summed E-state index contributed by atoms with van der Waals surface area (Å²) in [4.78, 5) is 0. The molecule has 0 fully saturated rings. The van der Waals surface area contributed by atoms with Gasteiger partial charge in [-0.2, -0.15) is 0 Å². The molecule has 19 aromatic rings. The molecule has 0 saturated carbocycles. The van der Waals surface area contributed by atoms with Gasteiger partial charge in [-0.3, -0.25) is 0 Å². The molecule has 5 heterocycles. The predicted octanol–water partition coefficient (Wildman–Crippen LogP) is 24.0. The number of benzene rings is 14. The summed E-state index contributed by atoms with van der Waals surface area (Å²) in [5.74, 6) is 0. The van der Waals surface area contributed by atoms with Gasteiger partial charge in [-0.25, -0.2) is 0 Å². The average Bonchev–Trinajstić information content (AvgIpc) is 3.20. The van der Waals surface area contributed by atoms with Crippen LogP contribution in [0.4, 0.5) is 0 Å². The van der Waals surface area contributed by atoms with Crippen LogP contribution in [0.1, 0.15) is 0 Å². The van der Waals surface area contributed by atoms with Gasteiger partial charge in [0.15, 0.2) is 0 Å². The van der Waals surface area contributed by atoms with Crippen LogP contribution in [0.2, 0.25) is 0 Å². The van der Waals surface area contributed by atoms with Crippen LogP contribution >= 0.6 is 22.7 Å². The lowest BCUT2D eigenvalue weighted by molar-refractivity contribution is 1.17. The van der Waals surface area contributed by atoms with E-state index in [-0.39, 0.29) is 0 Å². The van der Waals surface area contributed by atoms with Crippen molar-refractivity contribution in [2.45, 2.75) is 0 Å². The minimum atomic E-state index is 1.09. The molecular formula is C84H51N3S2. The molecule has 5 aromatic heterocycles. The van der Waals surface area contributed by atoms with Crippen LogP contribution in [0.5, 0.6) is 0 Å². The number of rotatable bonds is 8. The largest absolute Gasteiger partial charge is 0.309 e. The van der Waals surface area contributed by atoms with E-state index >= 15 is 0 Å². The second-order valence-corrected chi connectivity index (χ2v) is 25.7. The SMILES string of the molecule is c1cc(-c2cc(-c3ccc(-c4ccc5sc6ccccc6c5c4)cc3-c3cccc(-n4c5ccccc5c5ccccc54)c3)cc(-n3c4ccccc4c4cc(-n5c6ccccc6c6ccccc65)ccc43)c2)cc(-c2cccc3c2sc2ccccc23)c1. The topological polar surface area (TPSA) is 14.8 Å². The number of hydrogen-bond donors (Lipinski definition) is 0. The van der Waals surface area contributed by atoms with E-state index in [0.29, 0.717) is 0 Å². The molecule has 0 unspecified atom stereocenters. The van der Waals surface area contributed by atoms with Crippen LogP contribution in [0, 0.1) is 0 Å². The lowest BCUT2D eigenvalue weighted by Gasteiger charge is -2.18. The molecule has 5 heteroatoms. The summed E-state index contributed by atoms with van der Waals surface area (Å²) in [7, 11) is 0. The highest BCUT2D eigenvalue weighted by atomic mass is 32.1. The highest BCUT2D eigenvalue weighted by Crippen LogP contribution is 2.46. The first-order chi connectivity index (χ1) is 44.1. The van der Waals surface area contributed by atoms with Crippen LogP contribution in [-0.4, -0.2) is 13.7 Å². The van der Waals surface area contributed by atoms with Crippen LogP contribution < -0.4 is 0 Å². The Kier molecular flexibility index (Phi) is 11.1. The van der Waals surface area contributed by atoms with E-state index in [2.05, 4.69) is 323 Å². The first-order valence-electron chi connectivity index (χ1n) is 30.5. The quantitative estimate of drug-likeness (QED) is 0.144. The fourth-order valence-electron chi connectivity index (χ4n) is 14.6. The van der Waals surface area contributed by atoms with Crippen molar-refractivity contribution in [2.24, 2.45) is 0 Å². The van der Waals surface area contributed by atoms with Crippen molar-refractivity contribution in [3.05, 3.63) is 309 Å². The van der Waals surface area contributed by atoms with E-state index in [1.54, 1.807) is 0 Å². The van der Waals surface area contributed by atoms with Gasteiger partial charge < -0.3 is 13.7 Å². The number of aromatic nitrogens is 3. The molecule has 0 atom stereocenters. The zero-order chi connectivity index (χ0) is 58.3. The third kappa shape index (κ3) is 7.82. The van der Waals surface area contributed by atoms with Gasteiger partial charge in [0.2, 0.25) is 0 Å². The molecule has 0 amide bonds. The van der Waals surface area contributed by atoms with E-state index < -0.39 is 0 Å². The zero-order valence-electron chi connectivity index (χ0n) is 48.1. The fraction of sp³-hybridized carbons (Fsp3) is 0. The van der Waals surface area contributed by atoms with Crippen LogP contribution in [-0.2, 0) is 0 Å². The van der Waals surface area contributed by atoms with Gasteiger partial charge in [0.1, 0.15) is 0 Å². The van der Waals surface area contributed by atoms with Crippen LogP contribution in [0.25, 0.3) is 178 Å². The standard InChI is InChI=1S/C84H51N3S2/c1-8-31-75-64(22-1)65-23-2-9-32-76(65)85(75)59-21-16-20-56(46-59)72-49-53(54-39-43-83-74(50-54)70-28-7-13-36-81(70)88-83)38-41-62(72)58-45-57(52-18-15-19-55(44-52)63-29-17-30-71-69-27-6-14-37-82(69)89-84(63)71)47-61(48-58)87-79-35-12-5-26-68(79)73-51-60(40-42-80(73)87)86-77-33-10-3-24-66(77)67-25-4-11-34-78(67)86/h1-51H. The summed E-state index contributed by atoms with van der Waals surface area (Å²) in [6.45, 7) is 0. The van der Waals surface area contributed by atoms with E-state index in [4.69, 9.17) is 0 Å². The van der Waals surface area contributed by atoms with E-state index in [9.17, 15) is 0 Å². The number of fused-ring (bicyclic) bond motifs is 15. The summed E-state index contributed by atoms with van der Waals surface area (Å²) in [6, 6.07) is 116. The summed E-state index contributed by atoms with van der Waals surface area (Å²) in [5, 5.41) is 12.6. The Hall–Kier alpha value is -11.1. The molecule has 0 aliphatic heterocycles. The minimum absolute atomic E-state index is 1.09. The molecule has 0 radical (unpaired) electrons. The molecule has 0 aliphatic rings. The van der Waals surface area contributed by atoms with Crippen molar-refractivity contribution in [1.29, 1.82) is 0 Å². The van der Waals surface area contributed by atoms with Gasteiger partial charge >= 0.3 is 0 Å². The number of thiophene rings is 2. The Labute approximate surface area is 520 Å². The lowest BCUT2D eigenvalue weighted by atomic mass is 9.89. The molecular weight excluding hydrogens is 1120 g/mol. The summed E-state index contributed by atoms with van der Waals surface area (Å²) >= 11 is 3.75. The zero-order valence-corrected chi connectivity index (χ0v) is 49.7. The molecule has 0 spiro atoms. The maximum atomic E-state index is 2.51. The smallest absolute Gasteiger partial charge is 0.0542 e. The normalized spacial score (nSPS) is 12.0. The molecule has 0 bridgehead atoms. The Morgan fingerprint density at radius 3 is 1.27 bits per heavy atom. The van der Waals surface area contributed by atoms with Crippen molar-refractivity contribution >= 4 is 128 Å². The van der Waals surface area contributed by atoms with Crippen molar-refractivity contribution < 1.29 is 0 Å². The number of nitrogens with zero attached hydrogens (tertiary/aromatic N) is 3. The number of hydrogen-bond acceptors (Lipinski definition) is 2. The first-order valence-corrected chi connectivity index (χ1v) is 32.1. The van der Waals surface area contributed by atoms with E-state index in [1.807, 2.05) is 22.7 Å². The van der Waals surface area contributed by atoms with Gasteiger partial charge in [0, 0.05) is 89.7 Å². The average molecular weight is 1170 g/mol. The maximum Gasteiger partial charge on any atom is 0.0542 e. The Morgan fingerprint density at radius 1 is 0.180 bits per heavy atom. The van der Waals surface area contributed by atoms with Crippen molar-refractivity contribution in [2.75, 3.05) is 0 Å². The van der Waals surface area contributed by atoms with Crippen molar-refractivity contribution in [3.8, 4) is 72.7 Å². The molecule has 89 heavy (non-hydrogen) atoms. The summed E-state index contributed by atoms with van der Waals surface area (Å²) in [5.41, 5.74) is 22.1. The lowest BCUT2D eigenvalue weighted by Crippen LogP contribution is -1.98. The van der Waals surface area contributed by atoms with Crippen LogP contribution in [0.15, 0.2) is 309 Å². The Bertz CT molecular complexity index is 6030. The van der Waals surface area contributed by atoms with Gasteiger partial charge in [-0.15, -0.1) is 22.7 Å². The second kappa shape index (κ2) is 19.7. The van der Waals surface area contributed by atoms with Crippen molar-refractivity contribution in [3.63, 3.8) is 0 Å². The third-order valence-electron chi connectivity index (χ3n) is 18.6. The molecule has 0 saturated heterocycles. The second-order valence-electron chi connectivity index (χ2n) is 23.5. The monoisotopic (exact) mass is 1170 g/mol. The van der Waals surface area contributed by atoms with Gasteiger partial charge in [-0.05, 0) is 171 Å².